The molecule has 17 heavy (non-hydrogen) atoms. The van der Waals surface area contributed by atoms with Crippen LogP contribution in [0.15, 0.2) is 24.5 Å². The summed E-state index contributed by atoms with van der Waals surface area (Å²) in [5, 5.41) is 2.93. The van der Waals surface area contributed by atoms with E-state index in [9.17, 15) is 4.79 Å². The van der Waals surface area contributed by atoms with E-state index in [4.69, 9.17) is 5.73 Å². The van der Waals surface area contributed by atoms with E-state index in [2.05, 4.69) is 10.3 Å². The third-order valence-electron chi connectivity index (χ3n) is 2.84. The number of carbonyl (C=O) groups is 1. The molecule has 4 heteroatoms. The zero-order chi connectivity index (χ0) is 12.9. The summed E-state index contributed by atoms with van der Waals surface area (Å²) in [6.45, 7) is 5.73. The smallest absolute Gasteiger partial charge is 0.240 e. The summed E-state index contributed by atoms with van der Waals surface area (Å²) >= 11 is 0. The van der Waals surface area contributed by atoms with Crippen LogP contribution in [0.5, 0.6) is 0 Å². The quantitative estimate of drug-likeness (QED) is 0.817. The van der Waals surface area contributed by atoms with Crippen LogP contribution in [0, 0.1) is 0 Å². The van der Waals surface area contributed by atoms with Crippen LogP contribution in [-0.4, -0.2) is 16.4 Å². The summed E-state index contributed by atoms with van der Waals surface area (Å²) < 4.78 is 0. The molecule has 0 saturated heterocycles. The Balaban J connectivity index is 2.63. The van der Waals surface area contributed by atoms with Crippen molar-refractivity contribution in [2.45, 2.75) is 45.2 Å². The summed E-state index contributed by atoms with van der Waals surface area (Å²) in [5.41, 5.74) is 6.21. The number of carbonyl (C=O) groups excluding carboxylic acids is 1. The minimum atomic E-state index is -0.796. The van der Waals surface area contributed by atoms with Gasteiger partial charge in [-0.25, -0.2) is 0 Å². The van der Waals surface area contributed by atoms with E-state index in [1.165, 1.54) is 0 Å². The van der Waals surface area contributed by atoms with Gasteiger partial charge < -0.3 is 11.1 Å². The first kappa shape index (κ1) is 13.6. The van der Waals surface area contributed by atoms with Crippen LogP contribution in [0.1, 0.15) is 45.2 Å². The molecule has 1 aromatic heterocycles. The first-order chi connectivity index (χ1) is 7.97. The van der Waals surface area contributed by atoms with Gasteiger partial charge in [0.25, 0.3) is 0 Å². The molecule has 0 saturated carbocycles. The molecule has 2 atom stereocenters. The molecule has 0 aliphatic carbocycles. The van der Waals surface area contributed by atoms with Gasteiger partial charge in [0.05, 0.1) is 11.6 Å². The number of amides is 1. The molecule has 1 amide bonds. The number of pyridine rings is 1. The molecule has 1 heterocycles. The van der Waals surface area contributed by atoms with Crippen molar-refractivity contribution in [3.8, 4) is 0 Å². The lowest BCUT2D eigenvalue weighted by Gasteiger charge is -2.25. The maximum absolute atomic E-state index is 12.0. The van der Waals surface area contributed by atoms with Crippen molar-refractivity contribution in [3.63, 3.8) is 0 Å². The molecule has 0 aromatic carbocycles. The molecule has 3 N–H and O–H groups in total. The molecule has 0 fully saturated rings. The van der Waals surface area contributed by atoms with E-state index in [0.717, 1.165) is 12.0 Å². The molecule has 0 aliphatic heterocycles. The van der Waals surface area contributed by atoms with Gasteiger partial charge in [-0.15, -0.1) is 0 Å². The van der Waals surface area contributed by atoms with E-state index in [1.54, 1.807) is 19.3 Å². The maximum Gasteiger partial charge on any atom is 0.240 e. The van der Waals surface area contributed by atoms with Gasteiger partial charge in [0.15, 0.2) is 0 Å². The van der Waals surface area contributed by atoms with Crippen LogP contribution in [0.25, 0.3) is 0 Å². The largest absolute Gasteiger partial charge is 0.348 e. The number of nitrogens with two attached hydrogens (primary N) is 1. The molecular weight excluding hydrogens is 214 g/mol. The Kier molecular flexibility index (Phi) is 4.63. The zero-order valence-corrected chi connectivity index (χ0v) is 10.7. The Bertz CT molecular complexity index is 362. The Morgan fingerprint density at radius 2 is 2.12 bits per heavy atom. The van der Waals surface area contributed by atoms with E-state index in [0.29, 0.717) is 6.42 Å². The highest BCUT2D eigenvalue weighted by atomic mass is 16.2. The monoisotopic (exact) mass is 235 g/mol. The Morgan fingerprint density at radius 3 is 2.65 bits per heavy atom. The average Bonchev–Trinajstić information content (AvgIpc) is 2.30. The number of nitrogens with one attached hydrogen (secondary N) is 1. The number of hydrogen-bond donors (Lipinski definition) is 2. The number of rotatable bonds is 5. The minimum Gasteiger partial charge on any atom is -0.348 e. The van der Waals surface area contributed by atoms with Gasteiger partial charge >= 0.3 is 0 Å². The third-order valence-corrected chi connectivity index (χ3v) is 2.84. The highest BCUT2D eigenvalue weighted by Gasteiger charge is 2.28. The fourth-order valence-corrected chi connectivity index (χ4v) is 1.73. The minimum absolute atomic E-state index is 0.0507. The van der Waals surface area contributed by atoms with Crippen LogP contribution >= 0.6 is 0 Å². The lowest BCUT2D eigenvalue weighted by Crippen LogP contribution is -2.52. The zero-order valence-electron chi connectivity index (χ0n) is 10.7. The van der Waals surface area contributed by atoms with Crippen molar-refractivity contribution < 1.29 is 4.79 Å². The molecule has 0 radical (unpaired) electrons. The van der Waals surface area contributed by atoms with E-state index < -0.39 is 5.54 Å². The fourth-order valence-electron chi connectivity index (χ4n) is 1.73. The van der Waals surface area contributed by atoms with Crippen LogP contribution in [-0.2, 0) is 4.79 Å². The summed E-state index contributed by atoms with van der Waals surface area (Å²) in [4.78, 5) is 15.9. The summed E-state index contributed by atoms with van der Waals surface area (Å²) in [5.74, 6) is -0.108. The SMILES string of the molecule is CCCC(C)(N)C(=O)N[C@H](C)c1ccncc1. The summed E-state index contributed by atoms with van der Waals surface area (Å²) in [6.07, 6.45) is 5.00. The van der Waals surface area contributed by atoms with Gasteiger partial charge in [0.2, 0.25) is 5.91 Å². The van der Waals surface area contributed by atoms with Crippen LogP contribution in [0.2, 0.25) is 0 Å². The number of aromatic nitrogens is 1. The molecule has 0 spiro atoms. The molecule has 0 aliphatic rings. The van der Waals surface area contributed by atoms with Crippen molar-refractivity contribution in [1.82, 2.24) is 10.3 Å². The van der Waals surface area contributed by atoms with Crippen molar-refractivity contribution in [2.24, 2.45) is 5.73 Å². The highest BCUT2D eigenvalue weighted by molar-refractivity contribution is 5.85. The van der Waals surface area contributed by atoms with Crippen LogP contribution in [0.3, 0.4) is 0 Å². The number of hydrogen-bond acceptors (Lipinski definition) is 3. The Morgan fingerprint density at radius 1 is 1.53 bits per heavy atom. The molecule has 0 bridgehead atoms. The Labute approximate surface area is 103 Å². The Hall–Kier alpha value is -1.42. The second-order valence-corrected chi connectivity index (χ2v) is 4.64. The second-order valence-electron chi connectivity index (χ2n) is 4.64. The van der Waals surface area contributed by atoms with Crippen molar-refractivity contribution in [3.05, 3.63) is 30.1 Å². The maximum atomic E-state index is 12.0. The predicted octanol–water partition coefficient (Wildman–Crippen LogP) is 1.78. The summed E-state index contributed by atoms with van der Waals surface area (Å²) in [7, 11) is 0. The van der Waals surface area contributed by atoms with Crippen molar-refractivity contribution in [1.29, 1.82) is 0 Å². The lowest BCUT2D eigenvalue weighted by molar-refractivity contribution is -0.126. The average molecular weight is 235 g/mol. The third kappa shape index (κ3) is 3.82. The first-order valence-electron chi connectivity index (χ1n) is 5.97. The van der Waals surface area contributed by atoms with Gasteiger partial charge in [-0.05, 0) is 38.0 Å². The second kappa shape index (κ2) is 5.77. The van der Waals surface area contributed by atoms with Gasteiger partial charge in [0.1, 0.15) is 0 Å². The first-order valence-corrected chi connectivity index (χ1v) is 5.97. The molecule has 1 rings (SSSR count). The van der Waals surface area contributed by atoms with E-state index >= 15 is 0 Å². The summed E-state index contributed by atoms with van der Waals surface area (Å²) in [6, 6.07) is 3.72. The topological polar surface area (TPSA) is 68.0 Å². The molecule has 1 unspecified atom stereocenters. The van der Waals surface area contributed by atoms with Gasteiger partial charge in [-0.3, -0.25) is 9.78 Å². The molecule has 1 aromatic rings. The molecule has 94 valence electrons. The van der Waals surface area contributed by atoms with Gasteiger partial charge in [0, 0.05) is 12.4 Å². The number of nitrogens with zero attached hydrogens (tertiary/aromatic N) is 1. The van der Waals surface area contributed by atoms with Crippen molar-refractivity contribution >= 4 is 5.91 Å². The normalized spacial score (nSPS) is 16.0. The predicted molar refractivity (Wildman–Crippen MR) is 68.3 cm³/mol. The van der Waals surface area contributed by atoms with Gasteiger partial charge in [-0.1, -0.05) is 13.3 Å². The standard InChI is InChI=1S/C13H21N3O/c1-4-7-13(3,14)12(17)16-10(2)11-5-8-15-9-6-11/h5-6,8-10H,4,7,14H2,1-3H3,(H,16,17)/t10-,13?/m1/s1. The van der Waals surface area contributed by atoms with Crippen molar-refractivity contribution in [2.75, 3.05) is 0 Å². The van der Waals surface area contributed by atoms with E-state index in [-0.39, 0.29) is 11.9 Å². The molecular formula is C13H21N3O. The lowest BCUT2D eigenvalue weighted by atomic mass is 9.96. The van der Waals surface area contributed by atoms with Gasteiger partial charge in [-0.2, -0.15) is 0 Å². The fraction of sp³-hybridized carbons (Fsp3) is 0.538. The van der Waals surface area contributed by atoms with E-state index in [1.807, 2.05) is 26.0 Å². The van der Waals surface area contributed by atoms with Crippen LogP contribution < -0.4 is 11.1 Å². The molecule has 4 nitrogen and oxygen atoms in total. The highest BCUT2D eigenvalue weighted by Crippen LogP contribution is 2.14. The van der Waals surface area contributed by atoms with Crippen LogP contribution in [0.4, 0.5) is 0 Å².